The predicted molar refractivity (Wildman–Crippen MR) is 244 cm³/mol. The second-order valence-corrected chi connectivity index (χ2v) is 18.9. The molecular formula is C48H94N2O6P+. The Labute approximate surface area is 353 Å². The van der Waals surface area contributed by atoms with Crippen molar-refractivity contribution in [1.82, 2.24) is 5.32 Å². The van der Waals surface area contributed by atoms with E-state index in [0.717, 1.165) is 57.8 Å². The third-order valence-corrected chi connectivity index (χ3v) is 11.6. The molecule has 0 spiro atoms. The molecule has 0 aromatic carbocycles. The molecule has 0 aromatic heterocycles. The molecule has 0 aliphatic carbocycles. The monoisotopic (exact) mass is 826 g/mol. The van der Waals surface area contributed by atoms with E-state index in [4.69, 9.17) is 9.05 Å². The molecule has 1 amide bonds. The molecule has 0 saturated carbocycles. The predicted octanol–water partition coefficient (Wildman–Crippen LogP) is 13.5. The molecule has 336 valence electrons. The summed E-state index contributed by atoms with van der Waals surface area (Å²) in [5.74, 6) is -0.202. The molecule has 0 aliphatic rings. The van der Waals surface area contributed by atoms with Crippen LogP contribution in [0.5, 0.6) is 0 Å². The number of phosphoric ester groups is 1. The average molecular weight is 826 g/mol. The Bertz CT molecular complexity index is 1030. The van der Waals surface area contributed by atoms with Gasteiger partial charge in [0.05, 0.1) is 39.9 Å². The summed E-state index contributed by atoms with van der Waals surface area (Å²) >= 11 is 0. The van der Waals surface area contributed by atoms with E-state index in [1.807, 2.05) is 27.2 Å². The fourth-order valence-corrected chi connectivity index (χ4v) is 7.48. The molecule has 0 heterocycles. The van der Waals surface area contributed by atoms with Crippen molar-refractivity contribution in [1.29, 1.82) is 0 Å². The number of allylic oxidation sites excluding steroid dienone is 5. The topological polar surface area (TPSA) is 105 Å². The van der Waals surface area contributed by atoms with E-state index in [1.54, 1.807) is 6.08 Å². The molecule has 9 heteroatoms. The van der Waals surface area contributed by atoms with Gasteiger partial charge in [-0.1, -0.05) is 192 Å². The smallest absolute Gasteiger partial charge is 0.387 e. The summed E-state index contributed by atoms with van der Waals surface area (Å²) in [4.78, 5) is 23.0. The standard InChI is InChI=1S/C48H93N2O6P/c1-6-8-10-12-14-16-18-19-20-21-22-23-24-25-26-27-28-29-30-31-32-33-35-37-39-41-47(51)46(45-56-57(53,54)55-44-43-50(3,4)5)49-48(52)42-40-38-36-34-17-15-13-11-9-7-2/h13,15,32-33,39,41,46-47,51H,6-12,14,16-31,34-38,40,42-45H2,1-5H3,(H-,49,52,53,54)/p+1/b15-13-,33-32+,41-39+. The molecule has 3 N–H and O–H groups in total. The summed E-state index contributed by atoms with van der Waals surface area (Å²) in [5, 5.41) is 13.8. The van der Waals surface area contributed by atoms with Crippen molar-refractivity contribution >= 4 is 13.7 Å². The number of hydrogen-bond acceptors (Lipinski definition) is 5. The van der Waals surface area contributed by atoms with E-state index in [1.165, 1.54) is 135 Å². The van der Waals surface area contributed by atoms with Crippen LogP contribution in [-0.2, 0) is 18.4 Å². The lowest BCUT2D eigenvalue weighted by Gasteiger charge is -2.25. The van der Waals surface area contributed by atoms with Gasteiger partial charge >= 0.3 is 7.82 Å². The van der Waals surface area contributed by atoms with Gasteiger partial charge in [0.1, 0.15) is 13.2 Å². The van der Waals surface area contributed by atoms with Crippen molar-refractivity contribution in [2.45, 2.75) is 225 Å². The fraction of sp³-hybridized carbons (Fsp3) is 0.854. The van der Waals surface area contributed by atoms with Crippen molar-refractivity contribution in [3.05, 3.63) is 36.5 Å². The third-order valence-electron chi connectivity index (χ3n) is 10.6. The first-order chi connectivity index (χ1) is 27.5. The lowest BCUT2D eigenvalue weighted by Crippen LogP contribution is -2.45. The molecule has 3 atom stereocenters. The van der Waals surface area contributed by atoms with Crippen LogP contribution in [0.25, 0.3) is 0 Å². The highest BCUT2D eigenvalue weighted by Crippen LogP contribution is 2.43. The van der Waals surface area contributed by atoms with Crippen LogP contribution in [0.15, 0.2) is 36.5 Å². The number of unbranched alkanes of at least 4 members (excludes halogenated alkanes) is 26. The minimum Gasteiger partial charge on any atom is -0.387 e. The highest BCUT2D eigenvalue weighted by atomic mass is 31.2. The van der Waals surface area contributed by atoms with Crippen LogP contribution in [0.3, 0.4) is 0 Å². The molecule has 0 fully saturated rings. The number of quaternary nitrogens is 1. The lowest BCUT2D eigenvalue weighted by molar-refractivity contribution is -0.870. The van der Waals surface area contributed by atoms with Crippen molar-refractivity contribution in [3.8, 4) is 0 Å². The Morgan fingerprint density at radius 1 is 0.579 bits per heavy atom. The van der Waals surface area contributed by atoms with Crippen molar-refractivity contribution in [2.24, 2.45) is 0 Å². The minimum absolute atomic E-state index is 0.0539. The zero-order chi connectivity index (χ0) is 42.1. The molecule has 0 saturated heterocycles. The molecular weight excluding hydrogens is 732 g/mol. The van der Waals surface area contributed by atoms with Crippen LogP contribution < -0.4 is 5.32 Å². The number of amides is 1. The van der Waals surface area contributed by atoms with Gasteiger partial charge in [-0.15, -0.1) is 0 Å². The van der Waals surface area contributed by atoms with Gasteiger partial charge in [-0.25, -0.2) is 4.57 Å². The summed E-state index contributed by atoms with van der Waals surface area (Å²) in [7, 11) is 1.55. The summed E-state index contributed by atoms with van der Waals surface area (Å²) in [6.45, 7) is 4.74. The second kappa shape index (κ2) is 40.1. The third kappa shape index (κ3) is 42.6. The maximum atomic E-state index is 12.8. The van der Waals surface area contributed by atoms with E-state index in [-0.39, 0.29) is 19.1 Å². The number of carbonyl (C=O) groups excluding carboxylic acids is 1. The summed E-state index contributed by atoms with van der Waals surface area (Å²) in [6.07, 6.45) is 49.6. The molecule has 57 heavy (non-hydrogen) atoms. The first-order valence-corrected chi connectivity index (χ1v) is 25.4. The van der Waals surface area contributed by atoms with Gasteiger partial charge in [0.25, 0.3) is 0 Å². The quantitative estimate of drug-likeness (QED) is 0.0245. The summed E-state index contributed by atoms with van der Waals surface area (Å²) in [5.41, 5.74) is 0. The Morgan fingerprint density at radius 2 is 0.982 bits per heavy atom. The number of aliphatic hydroxyl groups is 1. The first kappa shape index (κ1) is 55.7. The van der Waals surface area contributed by atoms with Crippen molar-refractivity contribution in [3.63, 3.8) is 0 Å². The fourth-order valence-electron chi connectivity index (χ4n) is 6.74. The van der Waals surface area contributed by atoms with Crippen molar-refractivity contribution in [2.75, 3.05) is 40.9 Å². The van der Waals surface area contributed by atoms with Gasteiger partial charge < -0.3 is 19.8 Å². The second-order valence-electron chi connectivity index (χ2n) is 17.5. The van der Waals surface area contributed by atoms with Crippen LogP contribution in [0, 0.1) is 0 Å². The number of nitrogens with zero attached hydrogens (tertiary/aromatic N) is 1. The highest BCUT2D eigenvalue weighted by Gasteiger charge is 2.27. The Balaban J connectivity index is 4.27. The Morgan fingerprint density at radius 3 is 1.46 bits per heavy atom. The van der Waals surface area contributed by atoms with Crippen LogP contribution in [0.2, 0.25) is 0 Å². The lowest BCUT2D eigenvalue weighted by atomic mass is 10.0. The van der Waals surface area contributed by atoms with E-state index in [0.29, 0.717) is 17.4 Å². The highest BCUT2D eigenvalue weighted by molar-refractivity contribution is 7.47. The molecule has 0 radical (unpaired) electrons. The number of likely N-dealkylation sites (N-methyl/N-ethyl adjacent to an activating group) is 1. The Hall–Kier alpha value is -1.28. The summed E-state index contributed by atoms with van der Waals surface area (Å²) < 4.78 is 23.5. The summed E-state index contributed by atoms with van der Waals surface area (Å²) in [6, 6.07) is -0.866. The van der Waals surface area contributed by atoms with E-state index >= 15 is 0 Å². The number of rotatable bonds is 43. The van der Waals surface area contributed by atoms with Crippen LogP contribution in [-0.4, -0.2) is 73.4 Å². The van der Waals surface area contributed by atoms with Gasteiger partial charge in [-0.2, -0.15) is 0 Å². The van der Waals surface area contributed by atoms with Gasteiger partial charge in [0, 0.05) is 6.42 Å². The van der Waals surface area contributed by atoms with E-state index in [2.05, 4.69) is 43.5 Å². The normalized spacial score (nSPS) is 14.6. The van der Waals surface area contributed by atoms with Crippen LogP contribution in [0.1, 0.15) is 213 Å². The van der Waals surface area contributed by atoms with Gasteiger partial charge in [-0.3, -0.25) is 13.8 Å². The number of hydrogen-bond donors (Lipinski definition) is 3. The largest absolute Gasteiger partial charge is 0.472 e. The molecule has 0 aliphatic heterocycles. The number of aliphatic hydroxyl groups excluding tert-OH is 1. The molecule has 0 aromatic rings. The maximum absolute atomic E-state index is 12.8. The Kier molecular flexibility index (Phi) is 39.2. The maximum Gasteiger partial charge on any atom is 0.472 e. The van der Waals surface area contributed by atoms with Gasteiger partial charge in [0.2, 0.25) is 5.91 Å². The number of nitrogens with one attached hydrogen (secondary N) is 1. The average Bonchev–Trinajstić information content (AvgIpc) is 3.16. The SMILES string of the molecule is CCCC/C=C\CCCCCCC(=O)NC(COP(=O)(O)OCC[N+](C)(C)C)C(O)/C=C/CC/C=C/CCCCCCCCCCCCCCCCCCCCC. The van der Waals surface area contributed by atoms with Crippen LogP contribution in [0.4, 0.5) is 0 Å². The van der Waals surface area contributed by atoms with E-state index < -0.39 is 20.0 Å². The minimum atomic E-state index is -4.34. The van der Waals surface area contributed by atoms with Crippen LogP contribution >= 0.6 is 7.82 Å². The number of carbonyl (C=O) groups is 1. The van der Waals surface area contributed by atoms with E-state index in [9.17, 15) is 19.4 Å². The molecule has 0 bridgehead atoms. The van der Waals surface area contributed by atoms with Crippen molar-refractivity contribution < 1.29 is 32.9 Å². The molecule has 3 unspecified atom stereocenters. The first-order valence-electron chi connectivity index (χ1n) is 23.9. The zero-order valence-corrected chi connectivity index (χ0v) is 39.0. The zero-order valence-electron chi connectivity index (χ0n) is 38.1. The molecule has 8 nitrogen and oxygen atoms in total. The number of phosphoric acid groups is 1. The molecule has 0 rings (SSSR count). The van der Waals surface area contributed by atoms with Gasteiger partial charge in [0.15, 0.2) is 0 Å². The van der Waals surface area contributed by atoms with Gasteiger partial charge in [-0.05, 0) is 51.4 Å².